The van der Waals surface area contributed by atoms with Gasteiger partial charge in [-0.15, -0.1) is 0 Å². The van der Waals surface area contributed by atoms with E-state index in [1.54, 1.807) is 0 Å². The van der Waals surface area contributed by atoms with Crippen LogP contribution in [0.25, 0.3) is 0 Å². The summed E-state index contributed by atoms with van der Waals surface area (Å²) >= 11 is 0. The van der Waals surface area contributed by atoms with Crippen molar-refractivity contribution in [3.63, 3.8) is 0 Å². The maximum absolute atomic E-state index is 12.2. The van der Waals surface area contributed by atoms with Gasteiger partial charge in [0.15, 0.2) is 9.84 Å². The molecule has 1 aliphatic rings. The van der Waals surface area contributed by atoms with Crippen molar-refractivity contribution in [2.24, 2.45) is 0 Å². The van der Waals surface area contributed by atoms with E-state index >= 15 is 0 Å². The van der Waals surface area contributed by atoms with Crippen molar-refractivity contribution in [1.29, 1.82) is 0 Å². The summed E-state index contributed by atoms with van der Waals surface area (Å²) in [4.78, 5) is 24.9. The van der Waals surface area contributed by atoms with Gasteiger partial charge in [-0.05, 0) is 43.7 Å². The van der Waals surface area contributed by atoms with Crippen LogP contribution < -0.4 is 10.6 Å². The summed E-state index contributed by atoms with van der Waals surface area (Å²) in [6.07, 6.45) is 2.15. The van der Waals surface area contributed by atoms with Crippen molar-refractivity contribution in [3.8, 4) is 0 Å². The van der Waals surface area contributed by atoms with Crippen LogP contribution in [0.2, 0.25) is 0 Å². The number of benzene rings is 1. The summed E-state index contributed by atoms with van der Waals surface area (Å²) in [5.74, 6) is -1.31. The minimum absolute atomic E-state index is 0.0340. The van der Waals surface area contributed by atoms with Crippen LogP contribution in [0.4, 0.5) is 0 Å². The van der Waals surface area contributed by atoms with Crippen molar-refractivity contribution in [2.75, 3.05) is 32.9 Å². The van der Waals surface area contributed by atoms with Gasteiger partial charge in [-0.25, -0.2) is 8.42 Å². The van der Waals surface area contributed by atoms with E-state index in [0.717, 1.165) is 19.4 Å². The normalized spacial score (nSPS) is 17.5. The molecule has 1 heterocycles. The van der Waals surface area contributed by atoms with Crippen molar-refractivity contribution < 1.29 is 18.0 Å². The van der Waals surface area contributed by atoms with Gasteiger partial charge < -0.3 is 15.5 Å². The lowest BCUT2D eigenvalue weighted by molar-refractivity contribution is -0.125. The Hall–Kier alpha value is -1.93. The second-order valence-corrected chi connectivity index (χ2v) is 8.06. The molecule has 0 spiro atoms. The highest BCUT2D eigenvalue weighted by atomic mass is 32.2. The van der Waals surface area contributed by atoms with E-state index in [1.165, 1.54) is 43.3 Å². The predicted octanol–water partition coefficient (Wildman–Crippen LogP) is 0.0303. The number of sulfone groups is 1. The summed E-state index contributed by atoms with van der Waals surface area (Å²) in [5, 5.41) is 6.12. The molecular weight excluding hydrogens is 330 g/mol. The van der Waals surface area contributed by atoms with Crippen molar-refractivity contribution in [2.45, 2.75) is 23.8 Å². The number of nitrogens with zero attached hydrogens (tertiary/aromatic N) is 1. The molecular formula is C16H23N3O4S. The fourth-order valence-electron chi connectivity index (χ4n) is 2.44. The lowest BCUT2D eigenvalue weighted by Crippen LogP contribution is -2.37. The van der Waals surface area contributed by atoms with Crippen LogP contribution in [-0.4, -0.2) is 64.1 Å². The Kier molecular flexibility index (Phi) is 5.95. The zero-order chi connectivity index (χ0) is 17.7. The van der Waals surface area contributed by atoms with Gasteiger partial charge in [0.2, 0.25) is 5.91 Å². The van der Waals surface area contributed by atoms with Gasteiger partial charge in [-0.3, -0.25) is 9.59 Å². The molecule has 0 bridgehead atoms. The second-order valence-electron chi connectivity index (χ2n) is 6.07. The average molecular weight is 353 g/mol. The van der Waals surface area contributed by atoms with E-state index in [9.17, 15) is 18.0 Å². The zero-order valence-corrected chi connectivity index (χ0v) is 14.7. The Balaban J connectivity index is 1.98. The van der Waals surface area contributed by atoms with Crippen molar-refractivity contribution in [3.05, 3.63) is 29.8 Å². The molecule has 1 aromatic rings. The monoisotopic (exact) mass is 353 g/mol. The van der Waals surface area contributed by atoms with Gasteiger partial charge in [-0.2, -0.15) is 0 Å². The molecule has 24 heavy (non-hydrogen) atoms. The number of hydrogen-bond donors (Lipinski definition) is 2. The minimum atomic E-state index is -3.71. The predicted molar refractivity (Wildman–Crippen MR) is 90.5 cm³/mol. The Bertz CT molecular complexity index is 693. The van der Waals surface area contributed by atoms with E-state index < -0.39 is 21.5 Å². The number of amides is 2. The zero-order valence-electron chi connectivity index (χ0n) is 13.9. The van der Waals surface area contributed by atoms with Crippen LogP contribution >= 0.6 is 0 Å². The summed E-state index contributed by atoms with van der Waals surface area (Å²) in [6, 6.07) is 5.95. The Morgan fingerprint density at radius 1 is 1.25 bits per heavy atom. The van der Waals surface area contributed by atoms with Crippen LogP contribution in [0.3, 0.4) is 0 Å². The summed E-state index contributed by atoms with van der Waals surface area (Å²) in [6.45, 7) is 1.52. The van der Waals surface area contributed by atoms with Gasteiger partial charge in [-0.1, -0.05) is 0 Å². The molecule has 1 aromatic carbocycles. The minimum Gasteiger partial charge on any atom is -0.350 e. The highest BCUT2D eigenvalue weighted by Gasteiger charge is 2.21. The first-order valence-electron chi connectivity index (χ1n) is 7.84. The SMILES string of the molecule is CN(C)C(=O)CS(=O)(=O)c1ccc(C(=O)NCC2CCCN2)cc1. The Labute approximate surface area is 142 Å². The van der Waals surface area contributed by atoms with Crippen molar-refractivity contribution in [1.82, 2.24) is 15.5 Å². The van der Waals surface area contributed by atoms with Gasteiger partial charge in [0.1, 0.15) is 5.75 Å². The van der Waals surface area contributed by atoms with E-state index in [0.29, 0.717) is 18.2 Å². The molecule has 0 aliphatic carbocycles. The molecule has 2 N–H and O–H groups in total. The molecule has 2 amide bonds. The topological polar surface area (TPSA) is 95.6 Å². The van der Waals surface area contributed by atoms with Gasteiger partial charge in [0.25, 0.3) is 5.91 Å². The van der Waals surface area contributed by atoms with E-state index in [2.05, 4.69) is 10.6 Å². The summed E-state index contributed by atoms with van der Waals surface area (Å²) in [7, 11) is -0.696. The molecule has 2 rings (SSSR count). The van der Waals surface area contributed by atoms with E-state index in [1.807, 2.05) is 0 Å². The molecule has 0 aromatic heterocycles. The largest absolute Gasteiger partial charge is 0.350 e. The van der Waals surface area contributed by atoms with E-state index in [4.69, 9.17) is 0 Å². The number of hydrogen-bond acceptors (Lipinski definition) is 5. The second kappa shape index (κ2) is 7.76. The highest BCUT2D eigenvalue weighted by molar-refractivity contribution is 7.92. The van der Waals surface area contributed by atoms with E-state index in [-0.39, 0.29) is 10.8 Å². The molecule has 8 heteroatoms. The highest BCUT2D eigenvalue weighted by Crippen LogP contribution is 2.13. The standard InChI is InChI=1S/C16H23N3O4S/c1-19(2)15(20)11-24(22,23)14-7-5-12(6-8-14)16(21)18-10-13-4-3-9-17-13/h5-8,13,17H,3-4,9-11H2,1-2H3,(H,18,21). The third-order valence-electron chi connectivity index (χ3n) is 3.96. The summed E-state index contributed by atoms with van der Waals surface area (Å²) < 4.78 is 24.3. The van der Waals surface area contributed by atoms with Crippen LogP contribution in [0.5, 0.6) is 0 Å². The molecule has 7 nitrogen and oxygen atoms in total. The third kappa shape index (κ3) is 4.78. The number of carbonyl (C=O) groups excluding carboxylic acids is 2. The first-order valence-corrected chi connectivity index (χ1v) is 9.49. The summed E-state index contributed by atoms with van der Waals surface area (Å²) in [5.41, 5.74) is 0.394. The Morgan fingerprint density at radius 2 is 1.92 bits per heavy atom. The maximum Gasteiger partial charge on any atom is 0.251 e. The molecule has 1 saturated heterocycles. The first kappa shape index (κ1) is 18.4. The number of rotatable bonds is 6. The quantitative estimate of drug-likeness (QED) is 0.752. The van der Waals surface area contributed by atoms with Crippen LogP contribution in [0.1, 0.15) is 23.2 Å². The van der Waals surface area contributed by atoms with Crippen LogP contribution in [0, 0.1) is 0 Å². The molecule has 132 valence electrons. The first-order chi connectivity index (χ1) is 11.3. The lowest BCUT2D eigenvalue weighted by atomic mass is 10.2. The average Bonchev–Trinajstić information content (AvgIpc) is 3.05. The molecule has 1 aliphatic heterocycles. The van der Waals surface area contributed by atoms with Gasteiger partial charge in [0.05, 0.1) is 4.90 Å². The molecule has 0 radical (unpaired) electrons. The number of nitrogens with one attached hydrogen (secondary N) is 2. The molecule has 1 fully saturated rings. The van der Waals surface area contributed by atoms with Gasteiger partial charge in [0, 0.05) is 32.2 Å². The lowest BCUT2D eigenvalue weighted by Gasteiger charge is -2.12. The van der Waals surface area contributed by atoms with Crippen molar-refractivity contribution >= 4 is 21.7 Å². The molecule has 1 atom stereocenters. The molecule has 1 unspecified atom stereocenters. The smallest absolute Gasteiger partial charge is 0.251 e. The number of carbonyl (C=O) groups is 2. The van der Waals surface area contributed by atoms with Gasteiger partial charge >= 0.3 is 0 Å². The Morgan fingerprint density at radius 3 is 2.46 bits per heavy atom. The fourth-order valence-corrected chi connectivity index (χ4v) is 3.74. The third-order valence-corrected chi connectivity index (χ3v) is 5.58. The van der Waals surface area contributed by atoms with Crippen LogP contribution in [-0.2, 0) is 14.6 Å². The molecule has 0 saturated carbocycles. The fraction of sp³-hybridized carbons (Fsp3) is 0.500. The maximum atomic E-state index is 12.2. The van der Waals surface area contributed by atoms with Crippen LogP contribution in [0.15, 0.2) is 29.2 Å².